The standard InChI is InChI=1S/C17H19FN6O/c18-17-22-15(20-9-11-4-3-5-12(19)8-11)14-16(23-17)24(10-21-14)13-6-1-2-7-25-13/h3-5,8,10,13H,1-2,6-7,9,19H2,(H,20,22,23). The first-order valence-electron chi connectivity index (χ1n) is 8.30. The zero-order chi connectivity index (χ0) is 17.2. The van der Waals surface area contributed by atoms with Crippen LogP contribution in [0.25, 0.3) is 11.2 Å². The lowest BCUT2D eigenvalue weighted by Gasteiger charge is -2.23. The van der Waals surface area contributed by atoms with Crippen LogP contribution in [-0.2, 0) is 11.3 Å². The zero-order valence-corrected chi connectivity index (χ0v) is 13.7. The van der Waals surface area contributed by atoms with Crippen LogP contribution in [0.5, 0.6) is 0 Å². The molecule has 1 aliphatic rings. The van der Waals surface area contributed by atoms with Crippen LogP contribution >= 0.6 is 0 Å². The number of nitrogens with one attached hydrogen (secondary N) is 1. The van der Waals surface area contributed by atoms with Crippen molar-refractivity contribution < 1.29 is 9.13 Å². The molecular weight excluding hydrogens is 323 g/mol. The number of anilines is 2. The van der Waals surface area contributed by atoms with Gasteiger partial charge >= 0.3 is 6.08 Å². The van der Waals surface area contributed by atoms with E-state index in [0.717, 1.165) is 24.8 Å². The third-order valence-corrected chi connectivity index (χ3v) is 4.27. The Morgan fingerprint density at radius 2 is 2.24 bits per heavy atom. The Balaban J connectivity index is 1.63. The van der Waals surface area contributed by atoms with Gasteiger partial charge in [0.05, 0.1) is 6.33 Å². The smallest absolute Gasteiger partial charge is 0.312 e. The van der Waals surface area contributed by atoms with Crippen molar-refractivity contribution in [2.75, 3.05) is 17.7 Å². The van der Waals surface area contributed by atoms with E-state index in [1.54, 1.807) is 10.9 Å². The monoisotopic (exact) mass is 342 g/mol. The van der Waals surface area contributed by atoms with Gasteiger partial charge in [-0.1, -0.05) is 12.1 Å². The van der Waals surface area contributed by atoms with Crippen LogP contribution < -0.4 is 11.1 Å². The maximum atomic E-state index is 13.9. The van der Waals surface area contributed by atoms with Crippen molar-refractivity contribution in [1.29, 1.82) is 0 Å². The molecule has 3 aromatic rings. The molecule has 0 radical (unpaired) electrons. The fourth-order valence-corrected chi connectivity index (χ4v) is 3.06. The predicted octanol–water partition coefficient (Wildman–Crippen LogP) is 2.86. The number of hydrogen-bond donors (Lipinski definition) is 2. The number of ether oxygens (including phenoxy) is 1. The Labute approximate surface area is 144 Å². The molecule has 1 fully saturated rings. The molecule has 3 heterocycles. The minimum Gasteiger partial charge on any atom is -0.399 e. The summed E-state index contributed by atoms with van der Waals surface area (Å²) >= 11 is 0. The fraction of sp³-hybridized carbons (Fsp3) is 0.353. The van der Waals surface area contributed by atoms with Crippen molar-refractivity contribution in [2.24, 2.45) is 0 Å². The van der Waals surface area contributed by atoms with Crippen molar-refractivity contribution in [2.45, 2.75) is 32.0 Å². The summed E-state index contributed by atoms with van der Waals surface area (Å²) in [5.74, 6) is 0.361. The summed E-state index contributed by atoms with van der Waals surface area (Å²) in [4.78, 5) is 12.2. The molecule has 1 aromatic carbocycles. The average molecular weight is 342 g/mol. The van der Waals surface area contributed by atoms with E-state index < -0.39 is 6.08 Å². The predicted molar refractivity (Wildman–Crippen MR) is 92.3 cm³/mol. The van der Waals surface area contributed by atoms with E-state index >= 15 is 0 Å². The SMILES string of the molecule is Nc1cccc(CNc2nc(F)nc3c2ncn3C2CCCCO2)c1. The second-order valence-corrected chi connectivity index (χ2v) is 6.09. The molecular formula is C17H19FN6O. The fourth-order valence-electron chi connectivity index (χ4n) is 3.06. The molecule has 130 valence electrons. The minimum absolute atomic E-state index is 0.158. The number of nitrogen functional groups attached to an aromatic ring is 1. The maximum Gasteiger partial charge on any atom is 0.312 e. The van der Waals surface area contributed by atoms with E-state index in [2.05, 4.69) is 20.3 Å². The van der Waals surface area contributed by atoms with Gasteiger partial charge < -0.3 is 15.8 Å². The molecule has 0 bridgehead atoms. The Morgan fingerprint density at radius 1 is 1.32 bits per heavy atom. The van der Waals surface area contributed by atoms with Crippen LogP contribution in [0.4, 0.5) is 15.9 Å². The summed E-state index contributed by atoms with van der Waals surface area (Å²) < 4.78 is 21.5. The van der Waals surface area contributed by atoms with Crippen LogP contribution in [0.15, 0.2) is 30.6 Å². The Kier molecular flexibility index (Phi) is 4.19. The number of nitrogens with zero attached hydrogens (tertiary/aromatic N) is 4. The summed E-state index contributed by atoms with van der Waals surface area (Å²) in [7, 11) is 0. The molecule has 4 rings (SSSR count). The minimum atomic E-state index is -0.792. The molecule has 7 nitrogen and oxygen atoms in total. The molecule has 1 saturated heterocycles. The van der Waals surface area contributed by atoms with E-state index in [0.29, 0.717) is 35.8 Å². The van der Waals surface area contributed by atoms with Crippen LogP contribution in [0.1, 0.15) is 31.1 Å². The zero-order valence-electron chi connectivity index (χ0n) is 13.7. The van der Waals surface area contributed by atoms with E-state index in [-0.39, 0.29) is 6.23 Å². The molecule has 1 aliphatic heterocycles. The molecule has 1 unspecified atom stereocenters. The summed E-state index contributed by atoms with van der Waals surface area (Å²) in [6, 6.07) is 7.48. The number of aromatic nitrogens is 4. The van der Waals surface area contributed by atoms with Crippen molar-refractivity contribution in [3.05, 3.63) is 42.2 Å². The van der Waals surface area contributed by atoms with Gasteiger partial charge in [-0.2, -0.15) is 14.4 Å². The Hall–Kier alpha value is -2.74. The molecule has 2 aromatic heterocycles. The van der Waals surface area contributed by atoms with Gasteiger partial charge in [0.1, 0.15) is 6.23 Å². The quantitative estimate of drug-likeness (QED) is 0.560. The van der Waals surface area contributed by atoms with Gasteiger partial charge in [-0.25, -0.2) is 4.98 Å². The summed E-state index contributed by atoms with van der Waals surface area (Å²) in [5, 5.41) is 3.12. The highest BCUT2D eigenvalue weighted by Gasteiger charge is 2.21. The van der Waals surface area contributed by atoms with Gasteiger partial charge in [-0.05, 0) is 37.0 Å². The van der Waals surface area contributed by atoms with E-state index in [4.69, 9.17) is 10.5 Å². The van der Waals surface area contributed by atoms with Crippen LogP contribution in [0.3, 0.4) is 0 Å². The van der Waals surface area contributed by atoms with Crippen molar-refractivity contribution in [3.63, 3.8) is 0 Å². The van der Waals surface area contributed by atoms with Crippen LogP contribution in [0, 0.1) is 6.08 Å². The average Bonchev–Trinajstić information content (AvgIpc) is 3.04. The van der Waals surface area contributed by atoms with Crippen LogP contribution in [0.2, 0.25) is 0 Å². The highest BCUT2D eigenvalue weighted by molar-refractivity contribution is 5.82. The molecule has 0 amide bonds. The van der Waals surface area contributed by atoms with Crippen LogP contribution in [-0.4, -0.2) is 26.1 Å². The molecule has 0 spiro atoms. The van der Waals surface area contributed by atoms with Crippen molar-refractivity contribution >= 4 is 22.7 Å². The van der Waals surface area contributed by atoms with Gasteiger partial charge in [-0.15, -0.1) is 0 Å². The first kappa shape index (κ1) is 15.8. The highest BCUT2D eigenvalue weighted by atomic mass is 19.1. The molecule has 3 N–H and O–H groups in total. The third kappa shape index (κ3) is 3.25. The molecule has 0 saturated carbocycles. The summed E-state index contributed by atoms with van der Waals surface area (Å²) in [6.45, 7) is 1.15. The molecule has 0 aliphatic carbocycles. The maximum absolute atomic E-state index is 13.9. The van der Waals surface area contributed by atoms with Gasteiger partial charge in [0.2, 0.25) is 0 Å². The lowest BCUT2D eigenvalue weighted by molar-refractivity contribution is -0.0298. The second kappa shape index (κ2) is 6.64. The number of halogens is 1. The highest BCUT2D eigenvalue weighted by Crippen LogP contribution is 2.27. The Morgan fingerprint density at radius 3 is 3.04 bits per heavy atom. The first-order chi connectivity index (χ1) is 12.2. The molecule has 1 atom stereocenters. The molecule has 8 heteroatoms. The molecule has 25 heavy (non-hydrogen) atoms. The number of rotatable bonds is 4. The van der Waals surface area contributed by atoms with Crippen molar-refractivity contribution in [1.82, 2.24) is 19.5 Å². The summed E-state index contributed by atoms with van der Waals surface area (Å²) in [5.41, 5.74) is 8.40. The van der Waals surface area contributed by atoms with Gasteiger partial charge in [0.15, 0.2) is 17.0 Å². The topological polar surface area (TPSA) is 90.9 Å². The van der Waals surface area contributed by atoms with Gasteiger partial charge in [0.25, 0.3) is 0 Å². The van der Waals surface area contributed by atoms with E-state index in [9.17, 15) is 4.39 Å². The normalized spacial score (nSPS) is 17.7. The number of benzene rings is 1. The number of nitrogens with two attached hydrogens (primary N) is 1. The summed E-state index contributed by atoms with van der Waals surface area (Å²) in [6.07, 6.45) is 3.66. The number of hydrogen-bond acceptors (Lipinski definition) is 6. The first-order valence-corrected chi connectivity index (χ1v) is 8.30. The van der Waals surface area contributed by atoms with Gasteiger partial charge in [0, 0.05) is 18.8 Å². The Bertz CT molecular complexity index is 890. The van der Waals surface area contributed by atoms with E-state index in [1.165, 1.54) is 0 Å². The van der Waals surface area contributed by atoms with E-state index in [1.807, 2.05) is 24.3 Å². The lowest BCUT2D eigenvalue weighted by Crippen LogP contribution is -2.18. The third-order valence-electron chi connectivity index (χ3n) is 4.27. The number of fused-ring (bicyclic) bond motifs is 1. The number of imidazole rings is 1. The van der Waals surface area contributed by atoms with Crippen molar-refractivity contribution in [3.8, 4) is 0 Å². The largest absolute Gasteiger partial charge is 0.399 e. The van der Waals surface area contributed by atoms with Gasteiger partial charge in [-0.3, -0.25) is 4.57 Å². The second-order valence-electron chi connectivity index (χ2n) is 6.09. The lowest BCUT2D eigenvalue weighted by atomic mass is 10.2.